The highest BCUT2D eigenvalue weighted by Crippen LogP contribution is 2.11. The van der Waals surface area contributed by atoms with Gasteiger partial charge in [-0.25, -0.2) is 4.79 Å². The molecule has 3 amide bonds. The van der Waals surface area contributed by atoms with E-state index in [1.807, 2.05) is 0 Å². The Hall–Kier alpha value is -1.34. The number of nitrogens with one attached hydrogen (secondary N) is 1. The molecule has 7 nitrogen and oxygen atoms in total. The van der Waals surface area contributed by atoms with Crippen molar-refractivity contribution in [2.75, 3.05) is 39.3 Å². The molecule has 0 aromatic heterocycles. The van der Waals surface area contributed by atoms with Gasteiger partial charge in [0.25, 0.3) is 0 Å². The lowest BCUT2D eigenvalue weighted by atomic mass is 10.1. The maximum Gasteiger partial charge on any atom is 0.317 e. The van der Waals surface area contributed by atoms with Gasteiger partial charge in [-0.05, 0) is 19.4 Å². The SMILES string of the molecule is CCN1CCC(NC(=O)N2CCOC(C(N)=O)C2)CC1. The molecule has 0 aliphatic carbocycles. The molecule has 0 radical (unpaired) electrons. The van der Waals surface area contributed by atoms with Crippen LogP contribution in [0, 0.1) is 0 Å². The zero-order valence-corrected chi connectivity index (χ0v) is 12.0. The largest absolute Gasteiger partial charge is 0.367 e. The maximum atomic E-state index is 12.2. The summed E-state index contributed by atoms with van der Waals surface area (Å²) in [5, 5.41) is 3.05. The van der Waals surface area contributed by atoms with Crippen molar-refractivity contribution in [2.45, 2.75) is 31.9 Å². The summed E-state index contributed by atoms with van der Waals surface area (Å²) in [5.74, 6) is -0.515. The number of carbonyl (C=O) groups excluding carboxylic acids is 2. The van der Waals surface area contributed by atoms with Crippen molar-refractivity contribution in [3.8, 4) is 0 Å². The molecule has 2 aliphatic rings. The average molecular weight is 284 g/mol. The lowest BCUT2D eigenvalue weighted by Gasteiger charge is -2.35. The predicted octanol–water partition coefficient (Wildman–Crippen LogP) is -0.634. The number of morpholine rings is 1. The van der Waals surface area contributed by atoms with E-state index in [4.69, 9.17) is 10.5 Å². The summed E-state index contributed by atoms with van der Waals surface area (Å²) in [5.41, 5.74) is 5.22. The van der Waals surface area contributed by atoms with E-state index in [-0.39, 0.29) is 18.6 Å². The van der Waals surface area contributed by atoms with E-state index < -0.39 is 12.0 Å². The molecule has 7 heteroatoms. The van der Waals surface area contributed by atoms with E-state index >= 15 is 0 Å². The minimum Gasteiger partial charge on any atom is -0.367 e. The van der Waals surface area contributed by atoms with Crippen molar-refractivity contribution in [1.29, 1.82) is 0 Å². The van der Waals surface area contributed by atoms with Crippen LogP contribution in [-0.2, 0) is 9.53 Å². The van der Waals surface area contributed by atoms with Crippen LogP contribution < -0.4 is 11.1 Å². The number of nitrogens with zero attached hydrogens (tertiary/aromatic N) is 2. The van der Waals surface area contributed by atoms with Gasteiger partial charge in [0.1, 0.15) is 0 Å². The summed E-state index contributed by atoms with van der Waals surface area (Å²) in [6, 6.07) is 0.106. The second-order valence-electron chi connectivity index (χ2n) is 5.37. The van der Waals surface area contributed by atoms with Crippen LogP contribution in [0.15, 0.2) is 0 Å². The smallest absolute Gasteiger partial charge is 0.317 e. The van der Waals surface area contributed by atoms with Crippen LogP contribution >= 0.6 is 0 Å². The van der Waals surface area contributed by atoms with Crippen molar-refractivity contribution in [3.63, 3.8) is 0 Å². The maximum absolute atomic E-state index is 12.2. The first-order chi connectivity index (χ1) is 9.60. The van der Waals surface area contributed by atoms with Gasteiger partial charge in [0.05, 0.1) is 13.2 Å². The number of likely N-dealkylation sites (tertiary alicyclic amines) is 1. The Morgan fingerprint density at radius 2 is 2.00 bits per heavy atom. The van der Waals surface area contributed by atoms with E-state index in [0.29, 0.717) is 13.2 Å². The highest BCUT2D eigenvalue weighted by Gasteiger charge is 2.29. The van der Waals surface area contributed by atoms with Gasteiger partial charge in [0, 0.05) is 25.7 Å². The van der Waals surface area contributed by atoms with Crippen LogP contribution in [0.1, 0.15) is 19.8 Å². The Morgan fingerprint density at radius 1 is 1.30 bits per heavy atom. The number of hydrogen-bond acceptors (Lipinski definition) is 4. The van der Waals surface area contributed by atoms with Crippen LogP contribution in [0.25, 0.3) is 0 Å². The number of amides is 3. The molecule has 2 heterocycles. The molecule has 2 saturated heterocycles. The fourth-order valence-corrected chi connectivity index (χ4v) is 2.67. The third-order valence-electron chi connectivity index (χ3n) is 4.03. The first-order valence-corrected chi connectivity index (χ1v) is 7.29. The Kier molecular flexibility index (Phi) is 5.19. The Morgan fingerprint density at radius 3 is 2.60 bits per heavy atom. The Balaban J connectivity index is 1.78. The van der Waals surface area contributed by atoms with Crippen LogP contribution in [-0.4, -0.2) is 73.2 Å². The number of piperidine rings is 1. The molecule has 0 spiro atoms. The monoisotopic (exact) mass is 284 g/mol. The van der Waals surface area contributed by atoms with Gasteiger partial charge in [-0.15, -0.1) is 0 Å². The molecule has 1 atom stereocenters. The minimum absolute atomic E-state index is 0.116. The predicted molar refractivity (Wildman–Crippen MR) is 74.2 cm³/mol. The minimum atomic E-state index is -0.684. The summed E-state index contributed by atoms with van der Waals surface area (Å²) >= 11 is 0. The van der Waals surface area contributed by atoms with E-state index in [2.05, 4.69) is 17.1 Å². The molecular weight excluding hydrogens is 260 g/mol. The van der Waals surface area contributed by atoms with Crippen molar-refractivity contribution in [2.24, 2.45) is 5.73 Å². The number of carbonyl (C=O) groups is 2. The lowest BCUT2D eigenvalue weighted by Crippen LogP contribution is -2.55. The molecule has 114 valence electrons. The van der Waals surface area contributed by atoms with Gasteiger partial charge in [0.15, 0.2) is 6.10 Å². The summed E-state index contributed by atoms with van der Waals surface area (Å²) < 4.78 is 5.24. The second-order valence-corrected chi connectivity index (χ2v) is 5.37. The molecule has 0 bridgehead atoms. The first kappa shape index (κ1) is 15.1. The van der Waals surface area contributed by atoms with Gasteiger partial charge >= 0.3 is 6.03 Å². The van der Waals surface area contributed by atoms with Gasteiger partial charge in [-0.1, -0.05) is 6.92 Å². The molecule has 20 heavy (non-hydrogen) atoms. The van der Waals surface area contributed by atoms with Crippen LogP contribution in [0.3, 0.4) is 0 Å². The molecular formula is C13H24N4O3. The molecule has 2 fully saturated rings. The van der Waals surface area contributed by atoms with E-state index in [1.54, 1.807) is 4.90 Å². The molecule has 0 aromatic carbocycles. The zero-order valence-electron chi connectivity index (χ0n) is 12.0. The van der Waals surface area contributed by atoms with Gasteiger partial charge in [0.2, 0.25) is 5.91 Å². The number of ether oxygens (including phenoxy) is 1. The van der Waals surface area contributed by atoms with Gasteiger partial charge in [-0.2, -0.15) is 0 Å². The second kappa shape index (κ2) is 6.90. The fourth-order valence-electron chi connectivity index (χ4n) is 2.67. The van der Waals surface area contributed by atoms with Crippen LogP contribution in [0.4, 0.5) is 4.79 Å². The van der Waals surface area contributed by atoms with Crippen LogP contribution in [0.5, 0.6) is 0 Å². The molecule has 1 unspecified atom stereocenters. The standard InChI is InChI=1S/C13H24N4O3/c1-2-16-5-3-10(4-6-16)15-13(19)17-7-8-20-11(9-17)12(14)18/h10-11H,2-9H2,1H3,(H2,14,18)(H,15,19). The fraction of sp³-hybridized carbons (Fsp3) is 0.846. The van der Waals surface area contributed by atoms with Crippen molar-refractivity contribution in [1.82, 2.24) is 15.1 Å². The summed E-state index contributed by atoms with van der Waals surface area (Å²) in [4.78, 5) is 27.3. The molecule has 0 aromatic rings. The summed E-state index contributed by atoms with van der Waals surface area (Å²) in [6.07, 6.45) is 1.27. The van der Waals surface area contributed by atoms with Gasteiger partial charge < -0.3 is 25.6 Å². The van der Waals surface area contributed by atoms with E-state index in [9.17, 15) is 9.59 Å². The van der Waals surface area contributed by atoms with Crippen molar-refractivity contribution in [3.05, 3.63) is 0 Å². The Bertz CT molecular complexity index is 356. The highest BCUT2D eigenvalue weighted by molar-refractivity contribution is 5.81. The topological polar surface area (TPSA) is 87.9 Å². The molecule has 0 saturated carbocycles. The molecule has 3 N–H and O–H groups in total. The molecule has 2 aliphatic heterocycles. The number of urea groups is 1. The quantitative estimate of drug-likeness (QED) is 0.722. The van der Waals surface area contributed by atoms with Crippen LogP contribution in [0.2, 0.25) is 0 Å². The van der Waals surface area contributed by atoms with Crippen molar-refractivity contribution < 1.29 is 14.3 Å². The lowest BCUT2D eigenvalue weighted by molar-refractivity contribution is -0.133. The van der Waals surface area contributed by atoms with E-state index in [1.165, 1.54) is 0 Å². The first-order valence-electron chi connectivity index (χ1n) is 7.29. The van der Waals surface area contributed by atoms with Gasteiger partial charge in [-0.3, -0.25) is 4.79 Å². The molecule has 2 rings (SSSR count). The third-order valence-corrected chi connectivity index (χ3v) is 4.03. The summed E-state index contributed by atoms with van der Waals surface area (Å²) in [7, 11) is 0. The number of primary amides is 1. The average Bonchev–Trinajstić information content (AvgIpc) is 2.48. The normalized spacial score (nSPS) is 25.4. The Labute approximate surface area is 119 Å². The number of nitrogens with two attached hydrogens (primary N) is 1. The highest BCUT2D eigenvalue weighted by atomic mass is 16.5. The zero-order chi connectivity index (χ0) is 14.5. The number of rotatable bonds is 3. The summed E-state index contributed by atoms with van der Waals surface area (Å²) in [6.45, 7) is 6.36. The third kappa shape index (κ3) is 3.83. The van der Waals surface area contributed by atoms with Crippen molar-refractivity contribution >= 4 is 11.9 Å². The number of hydrogen-bond donors (Lipinski definition) is 2. The van der Waals surface area contributed by atoms with E-state index in [0.717, 1.165) is 32.5 Å².